The van der Waals surface area contributed by atoms with Crippen molar-refractivity contribution in [2.45, 2.75) is 58.6 Å². The maximum Gasteiger partial charge on any atom is 0.323 e. The fourth-order valence-electron chi connectivity index (χ4n) is 4.60. The average Bonchev–Trinajstić information content (AvgIpc) is 3.24. The molecule has 3 aliphatic rings. The summed E-state index contributed by atoms with van der Waals surface area (Å²) in [5, 5.41) is 0. The summed E-state index contributed by atoms with van der Waals surface area (Å²) < 4.78 is 15.6. The first kappa shape index (κ1) is 29.5. The van der Waals surface area contributed by atoms with Crippen molar-refractivity contribution in [3.05, 3.63) is 47.8 Å². The number of allylic oxidation sites excluding steroid dienone is 2. The molecule has 1 saturated heterocycles. The number of piperidine rings is 1. The fraction of sp³-hybridized carbons (Fsp3) is 0.607. The highest BCUT2D eigenvalue weighted by atomic mass is 16.5. The molecule has 200 valence electrons. The number of aliphatic imine (C=N–C) groups is 1. The van der Waals surface area contributed by atoms with Crippen LogP contribution < -0.4 is 0 Å². The van der Waals surface area contributed by atoms with Crippen LogP contribution in [0, 0.1) is 5.92 Å². The maximum absolute atomic E-state index is 12.8. The molecule has 36 heavy (non-hydrogen) atoms. The van der Waals surface area contributed by atoms with Crippen LogP contribution in [0.25, 0.3) is 0 Å². The summed E-state index contributed by atoms with van der Waals surface area (Å²) >= 11 is 0. The molecule has 0 radical (unpaired) electrons. The number of likely N-dealkylation sites (tertiary alicyclic amines) is 1. The molecule has 0 N–H and O–H groups in total. The third-order valence-electron chi connectivity index (χ3n) is 6.42. The molecule has 3 rings (SSSR count). The number of ether oxygens (including phenoxy) is 3. The number of rotatable bonds is 7. The first-order chi connectivity index (χ1) is 17.1. The van der Waals surface area contributed by atoms with Crippen molar-refractivity contribution in [1.82, 2.24) is 9.80 Å². The predicted octanol–water partition coefficient (Wildman–Crippen LogP) is 3.90. The lowest BCUT2D eigenvalue weighted by molar-refractivity contribution is -0.152. The minimum atomic E-state index is -0.318. The topological polar surface area (TPSA) is 80.7 Å². The molecule has 3 heterocycles. The summed E-state index contributed by atoms with van der Waals surface area (Å²) in [6.07, 6.45) is 10.6. The molecule has 8 heteroatoms. The quantitative estimate of drug-likeness (QED) is 0.387. The van der Waals surface area contributed by atoms with Crippen molar-refractivity contribution in [3.63, 3.8) is 0 Å². The predicted molar refractivity (Wildman–Crippen MR) is 143 cm³/mol. The normalized spacial score (nSPS) is 22.6. The highest BCUT2D eigenvalue weighted by molar-refractivity contribution is 6.02. The molecule has 0 aromatic heterocycles. The largest absolute Gasteiger partial charge is 0.465 e. The second-order valence-electron chi connectivity index (χ2n) is 10.1. The smallest absolute Gasteiger partial charge is 0.323 e. The average molecular weight is 502 g/mol. The third-order valence-corrected chi connectivity index (χ3v) is 6.42. The number of esters is 1. The maximum atomic E-state index is 12.8. The number of nitrogens with zero attached hydrogens (tertiary/aromatic N) is 3. The van der Waals surface area contributed by atoms with E-state index < -0.39 is 0 Å². The van der Waals surface area contributed by atoms with Crippen LogP contribution in [0.4, 0.5) is 0 Å². The number of hydrogen-bond acceptors (Lipinski definition) is 8. The van der Waals surface area contributed by atoms with Crippen LogP contribution in [0.15, 0.2) is 52.8 Å². The van der Waals surface area contributed by atoms with Crippen LogP contribution in [0.1, 0.15) is 47.0 Å². The van der Waals surface area contributed by atoms with Gasteiger partial charge in [-0.3, -0.25) is 19.5 Å². The van der Waals surface area contributed by atoms with Crippen LogP contribution in [0.2, 0.25) is 0 Å². The molecule has 1 atom stereocenters. The van der Waals surface area contributed by atoms with Gasteiger partial charge in [0.2, 0.25) is 5.90 Å². The summed E-state index contributed by atoms with van der Waals surface area (Å²) in [6, 6.07) is -0.161. The third kappa shape index (κ3) is 8.45. The highest BCUT2D eigenvalue weighted by Gasteiger charge is 2.37. The molecule has 0 amide bonds. The van der Waals surface area contributed by atoms with Crippen LogP contribution in [0.5, 0.6) is 0 Å². The first-order valence-electron chi connectivity index (χ1n) is 12.7. The van der Waals surface area contributed by atoms with Gasteiger partial charge in [-0.2, -0.15) is 0 Å². The van der Waals surface area contributed by atoms with Gasteiger partial charge in [0.15, 0.2) is 0 Å². The SMILES string of the molecule is C=C/C=C1/C(C2=CCN(C(C(=O)OCC)C3CCN(C)CC3)CC2)=COC1=NC.CC(C)(C)OC=O. The van der Waals surface area contributed by atoms with Gasteiger partial charge < -0.3 is 19.1 Å². The Kier molecular flexibility index (Phi) is 11.6. The lowest BCUT2D eigenvalue weighted by Crippen LogP contribution is -2.51. The Labute approximate surface area is 216 Å². The summed E-state index contributed by atoms with van der Waals surface area (Å²) in [5.41, 5.74) is 2.96. The van der Waals surface area contributed by atoms with Crippen molar-refractivity contribution in [3.8, 4) is 0 Å². The number of hydrogen-bond donors (Lipinski definition) is 0. The molecule has 0 aromatic rings. The Morgan fingerprint density at radius 2 is 2.00 bits per heavy atom. The molecule has 0 saturated carbocycles. The van der Waals surface area contributed by atoms with Gasteiger partial charge in [0, 0.05) is 31.3 Å². The number of carbonyl (C=O) groups is 2. The lowest BCUT2D eigenvalue weighted by atomic mass is 9.87. The highest BCUT2D eigenvalue weighted by Crippen LogP contribution is 2.33. The second kappa shape index (κ2) is 14.1. The van der Waals surface area contributed by atoms with Crippen molar-refractivity contribution >= 4 is 18.3 Å². The summed E-state index contributed by atoms with van der Waals surface area (Å²) in [4.78, 5) is 31.2. The minimum absolute atomic E-state index is 0.0741. The van der Waals surface area contributed by atoms with E-state index in [1.165, 1.54) is 5.57 Å². The van der Waals surface area contributed by atoms with Crippen LogP contribution in [-0.4, -0.2) is 86.7 Å². The van der Waals surface area contributed by atoms with E-state index in [9.17, 15) is 9.59 Å². The molecule has 8 nitrogen and oxygen atoms in total. The van der Waals surface area contributed by atoms with Crippen molar-refractivity contribution in [2.75, 3.05) is 46.9 Å². The van der Waals surface area contributed by atoms with Gasteiger partial charge in [-0.25, -0.2) is 0 Å². The zero-order valence-corrected chi connectivity index (χ0v) is 22.8. The van der Waals surface area contributed by atoms with Crippen LogP contribution >= 0.6 is 0 Å². The lowest BCUT2D eigenvalue weighted by Gasteiger charge is -2.40. The monoisotopic (exact) mass is 501 g/mol. The van der Waals surface area contributed by atoms with E-state index in [0.717, 1.165) is 56.6 Å². The van der Waals surface area contributed by atoms with Gasteiger partial charge in [0.1, 0.15) is 17.9 Å². The van der Waals surface area contributed by atoms with Gasteiger partial charge in [-0.05, 0) is 84.7 Å². The van der Waals surface area contributed by atoms with Gasteiger partial charge in [-0.1, -0.05) is 18.7 Å². The van der Waals surface area contributed by atoms with E-state index in [1.807, 2.05) is 33.8 Å². The van der Waals surface area contributed by atoms with Gasteiger partial charge >= 0.3 is 5.97 Å². The summed E-state index contributed by atoms with van der Waals surface area (Å²) in [6.45, 7) is 15.7. The Bertz CT molecular complexity index is 889. The van der Waals surface area contributed by atoms with E-state index >= 15 is 0 Å². The fourth-order valence-corrected chi connectivity index (χ4v) is 4.60. The Balaban J connectivity index is 0.000000572. The molecule has 0 bridgehead atoms. The van der Waals surface area contributed by atoms with Crippen molar-refractivity contribution in [2.24, 2.45) is 10.9 Å². The van der Waals surface area contributed by atoms with Crippen LogP contribution in [0.3, 0.4) is 0 Å². The molecule has 1 fully saturated rings. The zero-order chi connectivity index (χ0) is 26.7. The zero-order valence-electron chi connectivity index (χ0n) is 22.8. The summed E-state index contributed by atoms with van der Waals surface area (Å²) in [5.74, 6) is 0.901. The van der Waals surface area contributed by atoms with Crippen LogP contribution in [-0.2, 0) is 23.8 Å². The molecular formula is C28H43N3O5. The van der Waals surface area contributed by atoms with Gasteiger partial charge in [0.25, 0.3) is 6.47 Å². The minimum Gasteiger partial charge on any atom is -0.465 e. The van der Waals surface area contributed by atoms with Gasteiger partial charge in [0.05, 0.1) is 6.61 Å². The Morgan fingerprint density at radius 3 is 2.47 bits per heavy atom. The molecule has 3 aliphatic heterocycles. The van der Waals surface area contributed by atoms with Crippen molar-refractivity contribution in [1.29, 1.82) is 0 Å². The number of carbonyl (C=O) groups excluding carboxylic acids is 2. The van der Waals surface area contributed by atoms with E-state index in [1.54, 1.807) is 19.4 Å². The molecule has 0 aromatic carbocycles. The van der Waals surface area contributed by atoms with E-state index in [4.69, 9.17) is 9.47 Å². The molecule has 1 unspecified atom stereocenters. The Hall–Kier alpha value is -2.71. The first-order valence-corrected chi connectivity index (χ1v) is 12.7. The standard InChI is InChI=1S/C23H33N3O3.C5H10O2/c1-5-7-19-20(16-29-22(19)24-3)17-10-14-26(15-11-17)21(23(27)28-6-2)18-8-12-25(4)13-9-18;1-5(2,3)7-4-6/h5,7,10,16,18,21H,1,6,8-9,11-15H2,2-4H3;4H,1-3H3/b19-7-,24-22?;. The molecule has 0 aliphatic carbocycles. The van der Waals surface area contributed by atoms with E-state index in [2.05, 4.69) is 39.2 Å². The van der Waals surface area contributed by atoms with E-state index in [-0.39, 0.29) is 17.6 Å². The van der Waals surface area contributed by atoms with Gasteiger partial charge in [-0.15, -0.1) is 0 Å². The Morgan fingerprint density at radius 1 is 1.31 bits per heavy atom. The van der Waals surface area contributed by atoms with Crippen molar-refractivity contribution < 1.29 is 23.8 Å². The van der Waals surface area contributed by atoms with E-state index in [0.29, 0.717) is 24.9 Å². The summed E-state index contributed by atoms with van der Waals surface area (Å²) in [7, 11) is 3.87. The second-order valence-corrected chi connectivity index (χ2v) is 10.1. The molecule has 0 spiro atoms. The molecular weight excluding hydrogens is 458 g/mol.